The maximum absolute atomic E-state index is 11.6. The summed E-state index contributed by atoms with van der Waals surface area (Å²) in [5.74, 6) is -0.700. The summed E-state index contributed by atoms with van der Waals surface area (Å²) in [4.78, 5) is 15.8. The summed E-state index contributed by atoms with van der Waals surface area (Å²) in [7, 11) is 0. The van der Waals surface area contributed by atoms with Crippen molar-refractivity contribution in [3.63, 3.8) is 0 Å². The Morgan fingerprint density at radius 2 is 2.33 bits per heavy atom. The molecule has 1 aliphatic rings. The van der Waals surface area contributed by atoms with Crippen LogP contribution in [-0.4, -0.2) is 33.4 Å². The molecule has 0 aliphatic heterocycles. The van der Waals surface area contributed by atoms with Crippen LogP contribution < -0.4 is 0 Å². The van der Waals surface area contributed by atoms with E-state index in [1.54, 1.807) is 13.8 Å². The third-order valence-electron chi connectivity index (χ3n) is 3.19. The van der Waals surface area contributed by atoms with E-state index in [4.69, 9.17) is 4.74 Å². The smallest absolute Gasteiger partial charge is 0.343 e. The lowest BCUT2D eigenvalue weighted by Crippen LogP contribution is -2.32. The minimum absolute atomic E-state index is 0.0632. The minimum Gasteiger partial charge on any atom is -0.507 e. The number of hydrogen-bond acceptors (Lipinski definition) is 5. The molecule has 0 bridgehead atoms. The Labute approximate surface area is 105 Å². The molecule has 5 nitrogen and oxygen atoms in total. The third kappa shape index (κ3) is 2.31. The number of fused-ring (bicyclic) bond motifs is 1. The van der Waals surface area contributed by atoms with Crippen molar-refractivity contribution in [3.8, 4) is 5.75 Å². The molecule has 1 aromatic heterocycles. The number of aliphatic hydroxyl groups is 1. The quantitative estimate of drug-likeness (QED) is 0.772. The maximum atomic E-state index is 11.6. The minimum atomic E-state index is -0.862. The topological polar surface area (TPSA) is 79.7 Å². The number of esters is 1. The largest absolute Gasteiger partial charge is 0.507 e. The Balaban J connectivity index is 2.40. The van der Waals surface area contributed by atoms with Crippen molar-refractivity contribution in [1.82, 2.24) is 4.98 Å². The number of hydrogen-bond donors (Lipinski definition) is 2. The van der Waals surface area contributed by atoms with Gasteiger partial charge in [-0.3, -0.25) is 4.98 Å². The van der Waals surface area contributed by atoms with Crippen LogP contribution in [0, 0.1) is 0 Å². The third-order valence-corrected chi connectivity index (χ3v) is 3.19. The first-order valence-electron chi connectivity index (χ1n) is 6.04. The molecule has 2 rings (SSSR count). The molecule has 0 fully saturated rings. The fraction of sp³-hybridized carbons (Fsp3) is 0.538. The standard InChI is InChI=1S/C13H17NO4/c1-3-18-12(16)9-7-14-10-4-5-13(2,17)6-8(10)11(9)15/h7,17H,3-6H2,1-2H3,(H,14,15). The van der Waals surface area contributed by atoms with Gasteiger partial charge in [-0.05, 0) is 26.7 Å². The van der Waals surface area contributed by atoms with Crippen LogP contribution in [0.2, 0.25) is 0 Å². The summed E-state index contributed by atoms with van der Waals surface area (Å²) in [6.45, 7) is 3.66. The molecule has 1 atom stereocenters. The average Bonchev–Trinajstić information content (AvgIpc) is 2.30. The van der Waals surface area contributed by atoms with Gasteiger partial charge in [0.15, 0.2) is 0 Å². The number of nitrogens with zero attached hydrogens (tertiary/aromatic N) is 1. The second-order valence-electron chi connectivity index (χ2n) is 4.84. The fourth-order valence-corrected chi connectivity index (χ4v) is 2.20. The van der Waals surface area contributed by atoms with Crippen LogP contribution in [0.3, 0.4) is 0 Å². The zero-order chi connectivity index (χ0) is 13.3. The predicted molar refractivity (Wildman–Crippen MR) is 64.5 cm³/mol. The molecule has 0 radical (unpaired) electrons. The molecular weight excluding hydrogens is 234 g/mol. The van der Waals surface area contributed by atoms with Crippen molar-refractivity contribution in [2.45, 2.75) is 38.7 Å². The van der Waals surface area contributed by atoms with E-state index in [1.807, 2.05) is 0 Å². The van der Waals surface area contributed by atoms with E-state index in [-0.39, 0.29) is 17.9 Å². The molecule has 1 unspecified atom stereocenters. The summed E-state index contributed by atoms with van der Waals surface area (Å²) < 4.78 is 4.85. The SMILES string of the molecule is CCOC(=O)c1cnc2c(c1O)CC(C)(O)CC2. The molecule has 5 heteroatoms. The molecule has 18 heavy (non-hydrogen) atoms. The second kappa shape index (κ2) is 4.57. The molecule has 0 saturated heterocycles. The molecule has 98 valence electrons. The highest BCUT2D eigenvalue weighted by Gasteiger charge is 2.31. The highest BCUT2D eigenvalue weighted by atomic mass is 16.5. The Morgan fingerprint density at radius 1 is 1.61 bits per heavy atom. The van der Waals surface area contributed by atoms with Crippen LogP contribution in [0.1, 0.15) is 41.9 Å². The van der Waals surface area contributed by atoms with E-state index in [0.29, 0.717) is 24.8 Å². The number of rotatable bonds is 2. The molecule has 2 N–H and O–H groups in total. The Kier molecular flexibility index (Phi) is 3.26. The average molecular weight is 251 g/mol. The lowest BCUT2D eigenvalue weighted by atomic mass is 9.83. The van der Waals surface area contributed by atoms with Gasteiger partial charge in [0.2, 0.25) is 0 Å². The van der Waals surface area contributed by atoms with Gasteiger partial charge in [0.05, 0.1) is 12.2 Å². The summed E-state index contributed by atoms with van der Waals surface area (Å²) in [6, 6.07) is 0. The number of carbonyl (C=O) groups is 1. The molecule has 0 aromatic carbocycles. The Bertz CT molecular complexity index is 482. The monoisotopic (exact) mass is 251 g/mol. The highest BCUT2D eigenvalue weighted by Crippen LogP contribution is 2.34. The van der Waals surface area contributed by atoms with Crippen LogP contribution in [0.4, 0.5) is 0 Å². The Morgan fingerprint density at radius 3 is 3.00 bits per heavy atom. The number of aromatic hydroxyl groups is 1. The summed E-state index contributed by atoms with van der Waals surface area (Å²) >= 11 is 0. The van der Waals surface area contributed by atoms with Gasteiger partial charge in [-0.25, -0.2) is 4.79 Å². The van der Waals surface area contributed by atoms with E-state index < -0.39 is 11.6 Å². The number of pyridine rings is 1. The van der Waals surface area contributed by atoms with Crippen LogP contribution in [0.5, 0.6) is 5.75 Å². The number of aromatic nitrogens is 1. The van der Waals surface area contributed by atoms with Gasteiger partial charge < -0.3 is 14.9 Å². The van der Waals surface area contributed by atoms with Gasteiger partial charge in [-0.1, -0.05) is 0 Å². The van der Waals surface area contributed by atoms with Gasteiger partial charge in [-0.15, -0.1) is 0 Å². The van der Waals surface area contributed by atoms with Crippen LogP contribution in [-0.2, 0) is 17.6 Å². The first-order valence-corrected chi connectivity index (χ1v) is 6.04. The van der Waals surface area contributed by atoms with E-state index in [1.165, 1.54) is 6.20 Å². The second-order valence-corrected chi connectivity index (χ2v) is 4.84. The van der Waals surface area contributed by atoms with Crippen molar-refractivity contribution < 1.29 is 19.7 Å². The summed E-state index contributed by atoms with van der Waals surface area (Å²) in [5.41, 5.74) is 0.497. The predicted octanol–water partition coefficient (Wildman–Crippen LogP) is 1.20. The Hall–Kier alpha value is -1.62. The lowest BCUT2D eigenvalue weighted by Gasteiger charge is -2.29. The summed E-state index contributed by atoms with van der Waals surface area (Å²) in [6.07, 6.45) is 2.84. The number of carbonyl (C=O) groups excluding carboxylic acids is 1. The lowest BCUT2D eigenvalue weighted by molar-refractivity contribution is 0.0433. The van der Waals surface area contributed by atoms with Crippen molar-refractivity contribution in [3.05, 3.63) is 23.0 Å². The zero-order valence-electron chi connectivity index (χ0n) is 10.6. The van der Waals surface area contributed by atoms with Crippen LogP contribution in [0.25, 0.3) is 0 Å². The summed E-state index contributed by atoms with van der Waals surface area (Å²) in [5, 5.41) is 20.1. The van der Waals surface area contributed by atoms with Crippen molar-refractivity contribution in [2.24, 2.45) is 0 Å². The number of aryl methyl sites for hydroxylation is 1. The van der Waals surface area contributed by atoms with Gasteiger partial charge in [0.1, 0.15) is 11.3 Å². The van der Waals surface area contributed by atoms with Gasteiger partial charge in [-0.2, -0.15) is 0 Å². The molecule has 0 spiro atoms. The first-order chi connectivity index (χ1) is 8.44. The first kappa shape index (κ1) is 12.8. The molecule has 1 aliphatic carbocycles. The zero-order valence-corrected chi connectivity index (χ0v) is 10.6. The molecule has 1 heterocycles. The van der Waals surface area contributed by atoms with E-state index in [2.05, 4.69) is 4.98 Å². The highest BCUT2D eigenvalue weighted by molar-refractivity contribution is 5.92. The molecular formula is C13H17NO4. The van der Waals surface area contributed by atoms with Gasteiger partial charge in [0, 0.05) is 23.9 Å². The fourth-order valence-electron chi connectivity index (χ4n) is 2.20. The maximum Gasteiger partial charge on any atom is 0.343 e. The van der Waals surface area contributed by atoms with Crippen LogP contribution >= 0.6 is 0 Å². The molecule has 0 amide bonds. The van der Waals surface area contributed by atoms with Crippen molar-refractivity contribution in [2.75, 3.05) is 6.61 Å². The van der Waals surface area contributed by atoms with Gasteiger partial charge >= 0.3 is 5.97 Å². The van der Waals surface area contributed by atoms with Crippen molar-refractivity contribution in [1.29, 1.82) is 0 Å². The number of ether oxygens (including phenoxy) is 1. The van der Waals surface area contributed by atoms with Crippen molar-refractivity contribution >= 4 is 5.97 Å². The molecule has 1 aromatic rings. The van der Waals surface area contributed by atoms with E-state index in [0.717, 1.165) is 5.69 Å². The van der Waals surface area contributed by atoms with E-state index >= 15 is 0 Å². The molecule has 0 saturated carbocycles. The van der Waals surface area contributed by atoms with Gasteiger partial charge in [0.25, 0.3) is 0 Å². The normalized spacial score (nSPS) is 22.4. The van der Waals surface area contributed by atoms with Crippen LogP contribution in [0.15, 0.2) is 6.20 Å². The van der Waals surface area contributed by atoms with E-state index in [9.17, 15) is 15.0 Å².